The molecule has 2 nitrogen and oxygen atoms in total. The Morgan fingerprint density at radius 2 is 1.44 bits per heavy atom. The molecule has 0 unspecified atom stereocenters. The Labute approximate surface area is 153 Å². The highest BCUT2D eigenvalue weighted by Crippen LogP contribution is 2.43. The van der Waals surface area contributed by atoms with Crippen LogP contribution in [-0.2, 0) is 9.53 Å². The molecule has 0 spiro atoms. The van der Waals surface area contributed by atoms with Crippen LogP contribution >= 0.6 is 0 Å². The van der Waals surface area contributed by atoms with Crippen LogP contribution in [0.3, 0.4) is 0 Å². The van der Waals surface area contributed by atoms with E-state index in [0.717, 1.165) is 16.8 Å². The van der Waals surface area contributed by atoms with Crippen molar-refractivity contribution in [3.63, 3.8) is 0 Å². The first-order chi connectivity index (χ1) is 12.9. The molecule has 3 aromatic carbocycles. The summed E-state index contributed by atoms with van der Waals surface area (Å²) >= 11 is 0. The van der Waals surface area contributed by atoms with Crippen molar-refractivity contribution in [2.45, 2.75) is 18.0 Å². The largest absolute Gasteiger partial charge is 0.449 e. The summed E-state index contributed by atoms with van der Waals surface area (Å²) in [5.41, 5.74) is 1.26. The Hall–Kier alpha value is -3.08. The van der Waals surface area contributed by atoms with E-state index in [4.69, 9.17) is 0 Å². The van der Waals surface area contributed by atoms with Crippen molar-refractivity contribution in [3.8, 4) is 0 Å². The second kappa shape index (κ2) is 6.58. The van der Waals surface area contributed by atoms with Crippen molar-refractivity contribution in [2.75, 3.05) is 0 Å². The Kier molecular flexibility index (Phi) is 4.22. The highest BCUT2D eigenvalue weighted by atomic mass is 19.4. The van der Waals surface area contributed by atoms with E-state index in [2.05, 4.69) is 4.74 Å². The van der Waals surface area contributed by atoms with Crippen LogP contribution in [0.15, 0.2) is 84.6 Å². The molecule has 3 aromatic rings. The number of carbonyl (C=O) groups is 1. The predicted molar refractivity (Wildman–Crippen MR) is 96.1 cm³/mol. The zero-order chi connectivity index (χ0) is 19.0. The molecule has 27 heavy (non-hydrogen) atoms. The minimum atomic E-state index is -4.72. The monoisotopic (exact) mass is 368 g/mol. The smallest absolute Gasteiger partial charge is 0.421 e. The zero-order valence-corrected chi connectivity index (χ0v) is 14.1. The molecule has 2 atom stereocenters. The second-order valence-electron chi connectivity index (χ2n) is 6.47. The van der Waals surface area contributed by atoms with Gasteiger partial charge in [-0.2, -0.15) is 13.2 Å². The standard InChI is InChI=1S/C22H15F3O2/c23-22(24,25)19-13-18(17-11-10-14-6-4-5-9-16(14)12-17)20(21(26)27-19)15-7-2-1-3-8-15/h1-13,18,20H/t18-,20-/m0/s1. The van der Waals surface area contributed by atoms with Gasteiger partial charge in [-0.3, -0.25) is 4.79 Å². The number of fused-ring (bicyclic) bond motifs is 1. The average molecular weight is 368 g/mol. The molecular weight excluding hydrogens is 353 g/mol. The number of hydrogen-bond acceptors (Lipinski definition) is 2. The fourth-order valence-electron chi connectivity index (χ4n) is 3.47. The van der Waals surface area contributed by atoms with E-state index in [1.54, 1.807) is 36.4 Å². The van der Waals surface area contributed by atoms with Crippen molar-refractivity contribution < 1.29 is 22.7 Å². The van der Waals surface area contributed by atoms with E-state index in [0.29, 0.717) is 11.1 Å². The van der Waals surface area contributed by atoms with Crippen molar-refractivity contribution in [1.82, 2.24) is 0 Å². The summed E-state index contributed by atoms with van der Waals surface area (Å²) in [7, 11) is 0. The van der Waals surface area contributed by atoms with Crippen molar-refractivity contribution in [1.29, 1.82) is 0 Å². The molecule has 0 fully saturated rings. The van der Waals surface area contributed by atoms with Gasteiger partial charge < -0.3 is 4.74 Å². The van der Waals surface area contributed by atoms with Crippen molar-refractivity contribution in [2.24, 2.45) is 0 Å². The number of allylic oxidation sites excluding steroid dienone is 2. The first-order valence-corrected chi connectivity index (χ1v) is 8.48. The van der Waals surface area contributed by atoms with Gasteiger partial charge in [0.2, 0.25) is 5.76 Å². The lowest BCUT2D eigenvalue weighted by atomic mass is 9.79. The van der Waals surface area contributed by atoms with Gasteiger partial charge in [0.15, 0.2) is 0 Å². The van der Waals surface area contributed by atoms with Crippen LogP contribution in [0, 0.1) is 0 Å². The number of ether oxygens (including phenoxy) is 1. The summed E-state index contributed by atoms with van der Waals surface area (Å²) in [5, 5.41) is 1.89. The van der Waals surface area contributed by atoms with Gasteiger partial charge in [0, 0.05) is 5.92 Å². The molecule has 1 aliphatic rings. The SMILES string of the molecule is O=C1OC(C(F)(F)F)=C[C@@H](c2ccc3ccccc3c2)[C@@H]1c1ccccc1. The summed E-state index contributed by atoms with van der Waals surface area (Å²) in [6.07, 6.45) is -3.70. The normalized spacial score (nSPS) is 20.3. The number of benzene rings is 3. The van der Waals surface area contributed by atoms with E-state index in [-0.39, 0.29) is 0 Å². The molecule has 0 amide bonds. The van der Waals surface area contributed by atoms with Crippen LogP contribution in [0.1, 0.15) is 23.0 Å². The molecule has 1 heterocycles. The van der Waals surface area contributed by atoms with Gasteiger partial charge in [-0.15, -0.1) is 0 Å². The maximum Gasteiger partial charge on any atom is 0.449 e. The quantitative estimate of drug-likeness (QED) is 0.542. The summed E-state index contributed by atoms with van der Waals surface area (Å²) in [4.78, 5) is 12.5. The fourth-order valence-corrected chi connectivity index (χ4v) is 3.47. The number of rotatable bonds is 2. The van der Waals surface area contributed by atoms with Crippen LogP contribution in [0.4, 0.5) is 13.2 Å². The van der Waals surface area contributed by atoms with E-state index in [1.165, 1.54) is 0 Å². The van der Waals surface area contributed by atoms with Crippen LogP contribution in [0.5, 0.6) is 0 Å². The molecule has 1 aliphatic heterocycles. The summed E-state index contributed by atoms with van der Waals surface area (Å²) in [5.74, 6) is -3.75. The Morgan fingerprint density at radius 1 is 0.778 bits per heavy atom. The number of alkyl halides is 3. The Bertz CT molecular complexity index is 1020. The summed E-state index contributed by atoms with van der Waals surface area (Å²) < 4.78 is 44.4. The molecule has 0 N–H and O–H groups in total. The van der Waals surface area contributed by atoms with Crippen LogP contribution < -0.4 is 0 Å². The first kappa shape index (κ1) is 17.3. The van der Waals surface area contributed by atoms with E-state index < -0.39 is 29.7 Å². The topological polar surface area (TPSA) is 26.3 Å². The van der Waals surface area contributed by atoms with Gasteiger partial charge in [0.05, 0.1) is 5.92 Å². The number of halogens is 3. The number of cyclic esters (lactones) is 1. The van der Waals surface area contributed by atoms with E-state index in [9.17, 15) is 18.0 Å². The average Bonchev–Trinajstić information content (AvgIpc) is 2.67. The third kappa shape index (κ3) is 3.33. The molecule has 0 radical (unpaired) electrons. The van der Waals surface area contributed by atoms with Gasteiger partial charge in [-0.25, -0.2) is 0 Å². The van der Waals surface area contributed by atoms with Crippen LogP contribution in [-0.4, -0.2) is 12.1 Å². The van der Waals surface area contributed by atoms with Gasteiger partial charge >= 0.3 is 12.1 Å². The molecule has 0 saturated carbocycles. The molecule has 4 rings (SSSR count). The summed E-state index contributed by atoms with van der Waals surface area (Å²) in [6, 6.07) is 21.8. The number of hydrogen-bond donors (Lipinski definition) is 0. The van der Waals surface area contributed by atoms with Crippen molar-refractivity contribution in [3.05, 3.63) is 95.8 Å². The molecule has 5 heteroatoms. The van der Waals surface area contributed by atoms with Gasteiger partial charge in [0.25, 0.3) is 0 Å². The summed E-state index contributed by atoms with van der Waals surface area (Å²) in [6.45, 7) is 0. The van der Waals surface area contributed by atoms with Gasteiger partial charge in [-0.1, -0.05) is 72.8 Å². The van der Waals surface area contributed by atoms with Crippen LogP contribution in [0.25, 0.3) is 10.8 Å². The molecule has 0 aliphatic carbocycles. The first-order valence-electron chi connectivity index (χ1n) is 8.48. The predicted octanol–water partition coefficient (Wildman–Crippen LogP) is 5.71. The van der Waals surface area contributed by atoms with Crippen LogP contribution in [0.2, 0.25) is 0 Å². The van der Waals surface area contributed by atoms with E-state index >= 15 is 0 Å². The van der Waals surface area contributed by atoms with Crippen molar-refractivity contribution >= 4 is 16.7 Å². The maximum atomic E-state index is 13.2. The lowest BCUT2D eigenvalue weighted by Crippen LogP contribution is -2.31. The number of esters is 1. The molecular formula is C22H15F3O2. The lowest BCUT2D eigenvalue weighted by molar-refractivity contribution is -0.164. The zero-order valence-electron chi connectivity index (χ0n) is 14.1. The second-order valence-corrected chi connectivity index (χ2v) is 6.47. The Balaban J connectivity index is 1.87. The third-order valence-electron chi connectivity index (χ3n) is 4.75. The van der Waals surface area contributed by atoms with E-state index in [1.807, 2.05) is 36.4 Å². The molecule has 136 valence electrons. The fraction of sp³-hybridized carbons (Fsp3) is 0.136. The molecule has 0 saturated heterocycles. The minimum Gasteiger partial charge on any atom is -0.421 e. The minimum absolute atomic E-state index is 0.623. The molecule has 0 bridgehead atoms. The van der Waals surface area contributed by atoms with Gasteiger partial charge in [-0.05, 0) is 28.0 Å². The molecule has 0 aromatic heterocycles. The maximum absolute atomic E-state index is 13.2. The highest BCUT2D eigenvalue weighted by molar-refractivity contribution is 5.85. The van der Waals surface area contributed by atoms with Gasteiger partial charge in [0.1, 0.15) is 0 Å². The number of carbonyl (C=O) groups excluding carboxylic acids is 1. The Morgan fingerprint density at radius 3 is 2.15 bits per heavy atom. The third-order valence-corrected chi connectivity index (χ3v) is 4.75. The highest BCUT2D eigenvalue weighted by Gasteiger charge is 2.45. The lowest BCUT2D eigenvalue weighted by Gasteiger charge is -2.30.